The van der Waals surface area contributed by atoms with Crippen molar-refractivity contribution in [3.8, 4) is 11.5 Å². The maximum absolute atomic E-state index is 13.5. The van der Waals surface area contributed by atoms with Crippen molar-refractivity contribution < 1.29 is 19.1 Å². The van der Waals surface area contributed by atoms with E-state index in [-0.39, 0.29) is 11.4 Å². The van der Waals surface area contributed by atoms with Crippen LogP contribution in [0.2, 0.25) is 0 Å². The zero-order valence-corrected chi connectivity index (χ0v) is 19.0. The topological polar surface area (TPSA) is 52.6 Å². The molecule has 0 aliphatic heterocycles. The normalized spacial score (nSPS) is 29.8. The fourth-order valence-electron chi connectivity index (χ4n) is 6.49. The molecule has 0 amide bonds. The Morgan fingerprint density at radius 1 is 1.09 bits per heavy atom. The highest BCUT2D eigenvalue weighted by Gasteiger charge is 2.56. The average Bonchev–Trinajstić information content (AvgIpc) is 3.04. The molecule has 4 heteroatoms. The molecule has 32 heavy (non-hydrogen) atoms. The lowest BCUT2D eigenvalue weighted by atomic mass is 9.55. The largest absolute Gasteiger partial charge is 0.497 e. The highest BCUT2D eigenvalue weighted by atomic mass is 16.5. The van der Waals surface area contributed by atoms with Gasteiger partial charge in [0.15, 0.2) is 5.78 Å². The highest BCUT2D eigenvalue weighted by Crippen LogP contribution is 2.60. The van der Waals surface area contributed by atoms with Crippen LogP contribution in [0.3, 0.4) is 0 Å². The number of hydrogen-bond donors (Lipinski definition) is 0. The van der Waals surface area contributed by atoms with E-state index in [9.17, 15) is 9.59 Å². The van der Waals surface area contributed by atoms with Crippen LogP contribution in [0.4, 0.5) is 0 Å². The molecule has 5 rings (SSSR count). The number of ether oxygens (including phenoxy) is 2. The van der Waals surface area contributed by atoms with Gasteiger partial charge in [0.05, 0.1) is 7.11 Å². The molecule has 2 saturated carbocycles. The van der Waals surface area contributed by atoms with E-state index in [1.165, 1.54) is 18.1 Å². The van der Waals surface area contributed by atoms with E-state index < -0.39 is 0 Å². The van der Waals surface area contributed by atoms with Gasteiger partial charge in [-0.25, -0.2) is 0 Å². The number of Topliss-reactive ketones (excluding diaryl/α,β-unsaturated/α-hetero) is 1. The van der Waals surface area contributed by atoms with Gasteiger partial charge in [-0.3, -0.25) is 9.59 Å². The summed E-state index contributed by atoms with van der Waals surface area (Å²) in [5.41, 5.74) is 4.46. The van der Waals surface area contributed by atoms with Gasteiger partial charge >= 0.3 is 5.97 Å². The van der Waals surface area contributed by atoms with E-state index in [1.54, 1.807) is 7.11 Å². The van der Waals surface area contributed by atoms with Crippen molar-refractivity contribution in [2.45, 2.75) is 51.9 Å². The molecule has 4 nitrogen and oxygen atoms in total. The van der Waals surface area contributed by atoms with Crippen LogP contribution in [0.5, 0.6) is 11.5 Å². The third kappa shape index (κ3) is 3.46. The van der Waals surface area contributed by atoms with Gasteiger partial charge in [0.1, 0.15) is 11.5 Å². The van der Waals surface area contributed by atoms with Gasteiger partial charge in [0.2, 0.25) is 0 Å². The quantitative estimate of drug-likeness (QED) is 0.354. The van der Waals surface area contributed by atoms with Crippen molar-refractivity contribution in [3.63, 3.8) is 0 Å². The number of ketones is 1. The number of aryl methyl sites for hydroxylation is 1. The Kier molecular flexibility index (Phi) is 5.19. The van der Waals surface area contributed by atoms with Crippen LogP contribution in [-0.2, 0) is 16.0 Å². The minimum Gasteiger partial charge on any atom is -0.497 e. The number of carbonyl (C=O) groups is 2. The third-order valence-corrected chi connectivity index (χ3v) is 8.06. The first-order valence-corrected chi connectivity index (χ1v) is 11.6. The van der Waals surface area contributed by atoms with Crippen LogP contribution >= 0.6 is 0 Å². The number of fused-ring (bicyclic) bond motifs is 5. The molecule has 2 fully saturated rings. The summed E-state index contributed by atoms with van der Waals surface area (Å²) in [6.07, 6.45) is 6.99. The molecule has 0 heterocycles. The Morgan fingerprint density at radius 3 is 2.56 bits per heavy atom. The predicted octanol–water partition coefficient (Wildman–Crippen LogP) is 5.74. The standard InChI is InChI=1S/C28H30O4/c1-17(29)32-22-9-11-23-19(15-22)6-10-25-24(23)12-13-28(2)26(25)16-20(27(28)30)14-18-4-7-21(31-3)8-5-18/h4-5,7-9,11,14-15,24-26H,6,10,12-13,16H2,1-3H3/b20-14+/t24-,25-,26-,28+/m1/s1. The third-order valence-electron chi connectivity index (χ3n) is 8.06. The Balaban J connectivity index is 1.42. The summed E-state index contributed by atoms with van der Waals surface area (Å²) in [4.78, 5) is 24.8. The second kappa shape index (κ2) is 7.91. The second-order valence-corrected chi connectivity index (χ2v) is 9.80. The molecule has 0 spiro atoms. The first-order valence-electron chi connectivity index (χ1n) is 11.6. The van der Waals surface area contributed by atoms with Crippen molar-refractivity contribution in [1.29, 1.82) is 0 Å². The van der Waals surface area contributed by atoms with Gasteiger partial charge < -0.3 is 9.47 Å². The molecule has 4 atom stereocenters. The lowest BCUT2D eigenvalue weighted by Crippen LogP contribution is -2.42. The zero-order valence-electron chi connectivity index (χ0n) is 19.0. The summed E-state index contributed by atoms with van der Waals surface area (Å²) in [6.45, 7) is 3.63. The smallest absolute Gasteiger partial charge is 0.308 e. The average molecular weight is 431 g/mol. The number of hydrogen-bond acceptors (Lipinski definition) is 4. The molecule has 2 aromatic carbocycles. The molecular formula is C28H30O4. The molecular weight excluding hydrogens is 400 g/mol. The molecule has 0 saturated heterocycles. The molecule has 3 aliphatic carbocycles. The fourth-order valence-corrected chi connectivity index (χ4v) is 6.49. The van der Waals surface area contributed by atoms with E-state index in [4.69, 9.17) is 9.47 Å². The maximum atomic E-state index is 13.5. The van der Waals surface area contributed by atoms with Gasteiger partial charge in [0.25, 0.3) is 0 Å². The molecule has 0 aromatic heterocycles. The molecule has 0 bridgehead atoms. The van der Waals surface area contributed by atoms with E-state index >= 15 is 0 Å². The lowest BCUT2D eigenvalue weighted by Gasteiger charge is -2.48. The summed E-state index contributed by atoms with van der Waals surface area (Å²) >= 11 is 0. The van der Waals surface area contributed by atoms with Crippen molar-refractivity contribution in [1.82, 2.24) is 0 Å². The first kappa shape index (κ1) is 21.0. The minimum absolute atomic E-state index is 0.255. The summed E-state index contributed by atoms with van der Waals surface area (Å²) in [6, 6.07) is 14.0. The molecule has 166 valence electrons. The van der Waals surface area contributed by atoms with Gasteiger partial charge in [0, 0.05) is 12.3 Å². The van der Waals surface area contributed by atoms with Crippen LogP contribution < -0.4 is 9.47 Å². The highest BCUT2D eigenvalue weighted by molar-refractivity contribution is 6.06. The van der Waals surface area contributed by atoms with Crippen molar-refractivity contribution in [3.05, 3.63) is 64.7 Å². The summed E-state index contributed by atoms with van der Waals surface area (Å²) in [7, 11) is 1.66. The van der Waals surface area contributed by atoms with Crippen molar-refractivity contribution in [2.24, 2.45) is 17.3 Å². The first-order chi connectivity index (χ1) is 15.4. The van der Waals surface area contributed by atoms with E-state index in [1.807, 2.05) is 36.4 Å². The van der Waals surface area contributed by atoms with Crippen molar-refractivity contribution in [2.75, 3.05) is 7.11 Å². The number of methoxy groups -OCH3 is 1. The molecule has 2 aromatic rings. The van der Waals surface area contributed by atoms with Crippen molar-refractivity contribution >= 4 is 17.8 Å². The maximum Gasteiger partial charge on any atom is 0.308 e. The Bertz CT molecular complexity index is 1100. The van der Waals surface area contributed by atoms with Crippen LogP contribution in [0, 0.1) is 17.3 Å². The molecule has 3 aliphatic rings. The van der Waals surface area contributed by atoms with E-state index in [2.05, 4.69) is 19.1 Å². The molecule has 0 N–H and O–H groups in total. The lowest BCUT2D eigenvalue weighted by molar-refractivity contribution is -0.132. The number of benzene rings is 2. The van der Waals surface area contributed by atoms with Crippen LogP contribution in [0.15, 0.2) is 48.0 Å². The minimum atomic E-state index is -0.285. The van der Waals surface area contributed by atoms with Crippen LogP contribution in [0.1, 0.15) is 62.1 Å². The zero-order chi connectivity index (χ0) is 22.5. The molecule has 0 unspecified atom stereocenters. The SMILES string of the molecule is COc1ccc(/C=C2\C[C@@H]3[C@@H]4CCc5cc(OC(C)=O)ccc5[C@H]4CC[C@]3(C)C2=O)cc1. The van der Waals surface area contributed by atoms with Gasteiger partial charge in [-0.2, -0.15) is 0 Å². The monoisotopic (exact) mass is 430 g/mol. The van der Waals surface area contributed by atoms with Gasteiger partial charge in [-0.05, 0) is 102 Å². The van der Waals surface area contributed by atoms with Gasteiger partial charge in [-0.1, -0.05) is 25.1 Å². The molecule has 0 radical (unpaired) electrons. The predicted molar refractivity (Wildman–Crippen MR) is 124 cm³/mol. The summed E-state index contributed by atoms with van der Waals surface area (Å²) in [5, 5.41) is 0. The van der Waals surface area contributed by atoms with Crippen LogP contribution in [0.25, 0.3) is 6.08 Å². The number of allylic oxidation sites excluding steroid dienone is 1. The summed E-state index contributed by atoms with van der Waals surface area (Å²) in [5.74, 6) is 2.91. The number of rotatable bonds is 3. The number of esters is 1. The van der Waals surface area contributed by atoms with E-state index in [0.29, 0.717) is 29.3 Å². The Labute approximate surface area is 189 Å². The summed E-state index contributed by atoms with van der Waals surface area (Å²) < 4.78 is 10.6. The number of carbonyl (C=O) groups excluding carboxylic acids is 2. The second-order valence-electron chi connectivity index (χ2n) is 9.80. The Hall–Kier alpha value is -2.88. The van der Waals surface area contributed by atoms with E-state index in [0.717, 1.165) is 49.0 Å². The Morgan fingerprint density at radius 2 is 1.84 bits per heavy atom. The fraction of sp³-hybridized carbons (Fsp3) is 0.429. The van der Waals surface area contributed by atoms with Gasteiger partial charge in [-0.15, -0.1) is 0 Å². The van der Waals surface area contributed by atoms with Crippen LogP contribution in [-0.4, -0.2) is 18.9 Å².